The maximum Gasteiger partial charge on any atom is 0.326 e. The van der Waals surface area contributed by atoms with Crippen LogP contribution in [0.1, 0.15) is 49.2 Å². The third kappa shape index (κ3) is 3.09. The van der Waals surface area contributed by atoms with Gasteiger partial charge in [0.2, 0.25) is 5.56 Å². The highest BCUT2D eigenvalue weighted by molar-refractivity contribution is 5.97. The summed E-state index contributed by atoms with van der Waals surface area (Å²) in [7, 11) is 0. The molecule has 1 aromatic rings. The molecule has 1 aromatic heterocycles. The van der Waals surface area contributed by atoms with Gasteiger partial charge in [-0.05, 0) is 43.1 Å². The molecule has 6 heteroatoms. The van der Waals surface area contributed by atoms with E-state index in [9.17, 15) is 19.5 Å². The molecule has 2 fully saturated rings. The van der Waals surface area contributed by atoms with Crippen molar-refractivity contribution in [3.8, 4) is 0 Å². The SMILES string of the molecule is CC(C)Cc1cc(C(=O)N2CC3CCCC3C2C(=O)O)cc(=O)[nH]1. The normalized spacial score (nSPS) is 26.0. The minimum absolute atomic E-state index is 0.0450. The van der Waals surface area contributed by atoms with Crippen LogP contribution in [0, 0.1) is 17.8 Å². The number of H-pyrrole nitrogens is 1. The van der Waals surface area contributed by atoms with E-state index in [0.29, 0.717) is 30.1 Å². The number of carbonyl (C=O) groups excluding carboxylic acids is 1. The summed E-state index contributed by atoms with van der Waals surface area (Å²) < 4.78 is 0. The number of carboxylic acids is 1. The van der Waals surface area contributed by atoms with Crippen LogP contribution in [-0.2, 0) is 11.2 Å². The zero-order valence-corrected chi connectivity index (χ0v) is 14.1. The lowest BCUT2D eigenvalue weighted by Crippen LogP contribution is -2.43. The summed E-state index contributed by atoms with van der Waals surface area (Å²) >= 11 is 0. The lowest BCUT2D eigenvalue weighted by Gasteiger charge is -2.24. The van der Waals surface area contributed by atoms with Gasteiger partial charge < -0.3 is 15.0 Å². The molecule has 1 saturated heterocycles. The standard InChI is InChI=1S/C18H24N2O4/c1-10(2)6-13-7-12(8-15(21)19-13)17(22)20-9-11-4-3-5-14(11)16(20)18(23)24/h7-8,10-11,14,16H,3-6,9H2,1-2H3,(H,19,21)(H,23,24). The number of carbonyl (C=O) groups is 2. The Kier molecular flexibility index (Phi) is 4.47. The fraction of sp³-hybridized carbons (Fsp3) is 0.611. The van der Waals surface area contributed by atoms with E-state index in [0.717, 1.165) is 19.3 Å². The molecule has 2 aliphatic rings. The molecule has 24 heavy (non-hydrogen) atoms. The van der Waals surface area contributed by atoms with Crippen molar-refractivity contribution in [2.24, 2.45) is 17.8 Å². The van der Waals surface area contributed by atoms with Gasteiger partial charge in [-0.3, -0.25) is 9.59 Å². The third-order valence-electron chi connectivity index (χ3n) is 5.18. The van der Waals surface area contributed by atoms with Crippen molar-refractivity contribution in [2.45, 2.75) is 45.6 Å². The van der Waals surface area contributed by atoms with Crippen molar-refractivity contribution in [1.82, 2.24) is 9.88 Å². The highest BCUT2D eigenvalue weighted by Gasteiger charge is 2.49. The fourth-order valence-electron chi connectivity index (χ4n) is 4.27. The van der Waals surface area contributed by atoms with Gasteiger partial charge in [0.1, 0.15) is 6.04 Å². The second kappa shape index (κ2) is 6.42. The van der Waals surface area contributed by atoms with Crippen molar-refractivity contribution in [2.75, 3.05) is 6.54 Å². The quantitative estimate of drug-likeness (QED) is 0.881. The lowest BCUT2D eigenvalue weighted by molar-refractivity contribution is -0.142. The number of nitrogens with one attached hydrogen (secondary N) is 1. The molecule has 0 radical (unpaired) electrons. The second-order valence-corrected chi connectivity index (χ2v) is 7.45. The first-order valence-corrected chi connectivity index (χ1v) is 8.64. The maximum absolute atomic E-state index is 12.9. The van der Waals surface area contributed by atoms with Crippen LogP contribution in [-0.4, -0.2) is 39.5 Å². The minimum atomic E-state index is -0.940. The predicted molar refractivity (Wildman–Crippen MR) is 88.9 cm³/mol. The Morgan fingerprint density at radius 2 is 2.08 bits per heavy atom. The molecular formula is C18H24N2O4. The fourth-order valence-corrected chi connectivity index (χ4v) is 4.27. The average Bonchev–Trinajstić information content (AvgIpc) is 3.04. The summed E-state index contributed by atoms with van der Waals surface area (Å²) in [6.45, 7) is 4.55. The van der Waals surface area contributed by atoms with Gasteiger partial charge in [-0.15, -0.1) is 0 Å². The van der Waals surface area contributed by atoms with Crippen molar-refractivity contribution in [3.63, 3.8) is 0 Å². The number of aliphatic carboxylic acids is 1. The highest BCUT2D eigenvalue weighted by atomic mass is 16.4. The highest BCUT2D eigenvalue weighted by Crippen LogP contribution is 2.42. The Hall–Kier alpha value is -2.11. The molecule has 0 aromatic carbocycles. The van der Waals surface area contributed by atoms with Crippen LogP contribution in [0.25, 0.3) is 0 Å². The zero-order valence-electron chi connectivity index (χ0n) is 14.1. The maximum atomic E-state index is 12.9. The van der Waals surface area contributed by atoms with Crippen LogP contribution in [0.15, 0.2) is 16.9 Å². The number of pyridine rings is 1. The van der Waals surface area contributed by atoms with E-state index in [1.54, 1.807) is 6.07 Å². The van der Waals surface area contributed by atoms with Crippen LogP contribution >= 0.6 is 0 Å². The monoisotopic (exact) mass is 332 g/mol. The first-order chi connectivity index (χ1) is 11.4. The molecule has 2 heterocycles. The Labute approximate surface area is 140 Å². The Balaban J connectivity index is 1.89. The van der Waals surface area contributed by atoms with Gasteiger partial charge in [0.15, 0.2) is 0 Å². The van der Waals surface area contributed by atoms with E-state index in [-0.39, 0.29) is 23.3 Å². The van der Waals surface area contributed by atoms with Gasteiger partial charge in [-0.1, -0.05) is 20.3 Å². The molecule has 0 bridgehead atoms. The number of carboxylic acid groups (broad SMARTS) is 1. The lowest BCUT2D eigenvalue weighted by atomic mass is 9.94. The van der Waals surface area contributed by atoms with E-state index >= 15 is 0 Å². The zero-order chi connectivity index (χ0) is 17.4. The molecule has 0 spiro atoms. The minimum Gasteiger partial charge on any atom is -0.480 e. The third-order valence-corrected chi connectivity index (χ3v) is 5.18. The van der Waals surface area contributed by atoms with Crippen LogP contribution in [0.5, 0.6) is 0 Å². The van der Waals surface area contributed by atoms with Gasteiger partial charge in [-0.25, -0.2) is 4.79 Å². The smallest absolute Gasteiger partial charge is 0.326 e. The molecule has 2 N–H and O–H groups in total. The van der Waals surface area contributed by atoms with Crippen LogP contribution in [0.2, 0.25) is 0 Å². The molecule has 1 aliphatic carbocycles. The van der Waals surface area contributed by atoms with E-state index < -0.39 is 12.0 Å². The van der Waals surface area contributed by atoms with Crippen LogP contribution < -0.4 is 5.56 Å². The van der Waals surface area contributed by atoms with Crippen molar-refractivity contribution in [3.05, 3.63) is 33.7 Å². The summed E-state index contributed by atoms with van der Waals surface area (Å²) in [5.41, 5.74) is 0.690. The topological polar surface area (TPSA) is 90.5 Å². The van der Waals surface area contributed by atoms with E-state index in [2.05, 4.69) is 4.98 Å². The Morgan fingerprint density at radius 1 is 1.33 bits per heavy atom. The predicted octanol–water partition coefficient (Wildman–Crippen LogP) is 1.90. The summed E-state index contributed by atoms with van der Waals surface area (Å²) in [4.78, 5) is 40.7. The Bertz CT molecular complexity index is 709. The number of likely N-dealkylation sites (tertiary alicyclic amines) is 1. The molecule has 3 rings (SSSR count). The molecule has 1 aliphatic heterocycles. The van der Waals surface area contributed by atoms with Crippen LogP contribution in [0.3, 0.4) is 0 Å². The number of rotatable bonds is 4. The summed E-state index contributed by atoms with van der Waals surface area (Å²) in [5.74, 6) is -0.613. The van der Waals surface area contributed by atoms with Crippen LogP contribution in [0.4, 0.5) is 0 Å². The molecule has 6 nitrogen and oxygen atoms in total. The van der Waals surface area contributed by atoms with Gasteiger partial charge in [0.05, 0.1) is 0 Å². The van der Waals surface area contributed by atoms with Gasteiger partial charge in [0.25, 0.3) is 5.91 Å². The summed E-state index contributed by atoms with van der Waals surface area (Å²) in [6.07, 6.45) is 3.54. The number of hydrogen-bond donors (Lipinski definition) is 2. The molecular weight excluding hydrogens is 308 g/mol. The summed E-state index contributed by atoms with van der Waals surface area (Å²) in [6, 6.07) is 2.20. The number of aromatic nitrogens is 1. The first kappa shape index (κ1) is 16.7. The van der Waals surface area contributed by atoms with E-state index in [4.69, 9.17) is 0 Å². The van der Waals surface area contributed by atoms with E-state index in [1.165, 1.54) is 11.0 Å². The average molecular weight is 332 g/mol. The summed E-state index contributed by atoms with van der Waals surface area (Å²) in [5, 5.41) is 9.59. The number of hydrogen-bond acceptors (Lipinski definition) is 3. The Morgan fingerprint density at radius 3 is 2.75 bits per heavy atom. The molecule has 1 saturated carbocycles. The number of nitrogens with zero attached hydrogens (tertiary/aromatic N) is 1. The first-order valence-electron chi connectivity index (χ1n) is 8.64. The van der Waals surface area contributed by atoms with Gasteiger partial charge in [-0.2, -0.15) is 0 Å². The number of fused-ring (bicyclic) bond motifs is 1. The molecule has 1 amide bonds. The van der Waals surface area contributed by atoms with Crippen molar-refractivity contribution in [1.29, 1.82) is 0 Å². The number of aromatic amines is 1. The van der Waals surface area contributed by atoms with E-state index in [1.807, 2.05) is 13.8 Å². The second-order valence-electron chi connectivity index (χ2n) is 7.45. The van der Waals surface area contributed by atoms with Gasteiger partial charge >= 0.3 is 5.97 Å². The largest absolute Gasteiger partial charge is 0.480 e. The molecule has 130 valence electrons. The molecule has 3 atom stereocenters. The number of amides is 1. The molecule has 3 unspecified atom stereocenters. The van der Waals surface area contributed by atoms with Gasteiger partial charge in [0, 0.05) is 23.9 Å². The van der Waals surface area contributed by atoms with Crippen molar-refractivity contribution < 1.29 is 14.7 Å². The van der Waals surface area contributed by atoms with Crippen molar-refractivity contribution >= 4 is 11.9 Å².